The summed E-state index contributed by atoms with van der Waals surface area (Å²) in [6.45, 7) is 6.64. The Balaban J connectivity index is 2.73. The van der Waals surface area contributed by atoms with E-state index >= 15 is 0 Å². The molecule has 1 aromatic carbocycles. The molecule has 2 rings (SSSR count). The molecule has 6 nitrogen and oxygen atoms in total. The van der Waals surface area contributed by atoms with Crippen molar-refractivity contribution >= 4 is 44.5 Å². The number of anilines is 1. The molecule has 0 aliphatic carbocycles. The largest absolute Gasteiger partial charge is 0.443 e. The van der Waals surface area contributed by atoms with Crippen molar-refractivity contribution in [3.8, 4) is 6.07 Å². The molecule has 1 N–H and O–H groups in total. The zero-order chi connectivity index (χ0) is 17.4. The number of hydrogen-bond acceptors (Lipinski definition) is 4. The lowest BCUT2D eigenvalue weighted by atomic mass is 10.1. The molecule has 0 saturated carbocycles. The molecule has 1 aromatic heterocycles. The fraction of sp³-hybridized carbons (Fsp3) is 0.312. The standard InChI is InChI=1S/C16H16BrN3O3/c1-9(21)19-13-10(7-18)5-6-11-12(17)8-20(14(11)13)15(22)23-16(2,3)4/h5-6,8H,1-4H3,(H,19,21). The highest BCUT2D eigenvalue weighted by Crippen LogP contribution is 2.34. The van der Waals surface area contributed by atoms with Crippen molar-refractivity contribution in [1.82, 2.24) is 4.57 Å². The van der Waals surface area contributed by atoms with Crippen LogP contribution < -0.4 is 5.32 Å². The van der Waals surface area contributed by atoms with Crippen molar-refractivity contribution < 1.29 is 14.3 Å². The molecule has 0 radical (unpaired) electrons. The Morgan fingerprint density at radius 3 is 2.52 bits per heavy atom. The van der Waals surface area contributed by atoms with Gasteiger partial charge in [-0.3, -0.25) is 4.79 Å². The van der Waals surface area contributed by atoms with Crippen LogP contribution in [0.3, 0.4) is 0 Å². The molecule has 2 aromatic rings. The number of ether oxygens (including phenoxy) is 1. The summed E-state index contributed by atoms with van der Waals surface area (Å²) in [6, 6.07) is 5.33. The van der Waals surface area contributed by atoms with E-state index < -0.39 is 11.7 Å². The zero-order valence-corrected chi connectivity index (χ0v) is 14.8. The first kappa shape index (κ1) is 17.0. The first-order valence-electron chi connectivity index (χ1n) is 6.88. The molecular weight excluding hydrogens is 362 g/mol. The summed E-state index contributed by atoms with van der Waals surface area (Å²) in [5.74, 6) is -0.331. The Morgan fingerprint density at radius 2 is 2.00 bits per heavy atom. The summed E-state index contributed by atoms with van der Waals surface area (Å²) in [4.78, 5) is 23.9. The number of halogens is 1. The topological polar surface area (TPSA) is 84.1 Å². The third-order valence-electron chi connectivity index (χ3n) is 2.93. The van der Waals surface area contributed by atoms with Gasteiger partial charge in [0.1, 0.15) is 11.7 Å². The molecule has 1 heterocycles. The normalized spacial score (nSPS) is 11.1. The summed E-state index contributed by atoms with van der Waals surface area (Å²) in [7, 11) is 0. The maximum absolute atomic E-state index is 12.4. The number of nitrogens with zero attached hydrogens (tertiary/aromatic N) is 2. The van der Waals surface area contributed by atoms with E-state index in [0.717, 1.165) is 0 Å². The maximum atomic E-state index is 12.4. The fourth-order valence-corrected chi connectivity index (χ4v) is 2.66. The molecule has 0 spiro atoms. The summed E-state index contributed by atoms with van der Waals surface area (Å²) in [5, 5.41) is 12.6. The molecule has 0 aliphatic heterocycles. The molecular formula is C16H16BrN3O3. The summed E-state index contributed by atoms with van der Waals surface area (Å²) < 4.78 is 7.34. The van der Waals surface area contributed by atoms with Gasteiger partial charge in [-0.2, -0.15) is 5.26 Å². The van der Waals surface area contributed by atoms with Crippen LogP contribution in [-0.2, 0) is 9.53 Å². The molecule has 23 heavy (non-hydrogen) atoms. The van der Waals surface area contributed by atoms with Gasteiger partial charge in [-0.1, -0.05) is 6.07 Å². The third kappa shape index (κ3) is 3.54. The SMILES string of the molecule is CC(=O)Nc1c(C#N)ccc2c(Br)cn(C(=O)OC(C)(C)C)c12. The van der Waals surface area contributed by atoms with Gasteiger partial charge in [0, 0.05) is 23.0 Å². The second kappa shape index (κ2) is 6.05. The van der Waals surface area contributed by atoms with Gasteiger partial charge in [0.2, 0.25) is 5.91 Å². The Hall–Kier alpha value is -2.33. The lowest BCUT2D eigenvalue weighted by Gasteiger charge is -2.20. The number of nitriles is 1. The Labute approximate surface area is 142 Å². The van der Waals surface area contributed by atoms with Crippen LogP contribution in [0.5, 0.6) is 0 Å². The second-order valence-electron chi connectivity index (χ2n) is 6.00. The number of rotatable bonds is 1. The second-order valence-corrected chi connectivity index (χ2v) is 6.86. The van der Waals surface area contributed by atoms with Crippen molar-refractivity contribution in [2.75, 3.05) is 5.32 Å². The van der Waals surface area contributed by atoms with E-state index in [2.05, 4.69) is 21.2 Å². The van der Waals surface area contributed by atoms with E-state index in [-0.39, 0.29) is 17.2 Å². The van der Waals surface area contributed by atoms with E-state index in [1.165, 1.54) is 11.5 Å². The minimum absolute atomic E-state index is 0.267. The van der Waals surface area contributed by atoms with Crippen LogP contribution in [0.25, 0.3) is 10.9 Å². The van der Waals surface area contributed by atoms with Gasteiger partial charge in [-0.05, 0) is 42.8 Å². The molecule has 0 atom stereocenters. The molecule has 0 aliphatic rings. The number of carbonyl (C=O) groups excluding carboxylic acids is 2. The molecule has 120 valence electrons. The lowest BCUT2D eigenvalue weighted by Crippen LogP contribution is -2.27. The van der Waals surface area contributed by atoms with Gasteiger partial charge in [-0.15, -0.1) is 0 Å². The number of benzene rings is 1. The number of aromatic nitrogens is 1. The lowest BCUT2D eigenvalue weighted by molar-refractivity contribution is -0.114. The van der Waals surface area contributed by atoms with Crippen LogP contribution in [0.15, 0.2) is 22.8 Å². The Morgan fingerprint density at radius 1 is 1.35 bits per heavy atom. The van der Waals surface area contributed by atoms with E-state index in [1.54, 1.807) is 39.1 Å². The van der Waals surface area contributed by atoms with E-state index in [1.807, 2.05) is 6.07 Å². The minimum Gasteiger partial charge on any atom is -0.443 e. The first-order valence-corrected chi connectivity index (χ1v) is 7.68. The Kier molecular flexibility index (Phi) is 4.48. The number of fused-ring (bicyclic) bond motifs is 1. The molecule has 0 fully saturated rings. The molecule has 7 heteroatoms. The van der Waals surface area contributed by atoms with Crippen LogP contribution in [0.2, 0.25) is 0 Å². The average Bonchev–Trinajstić information content (AvgIpc) is 2.75. The summed E-state index contributed by atoms with van der Waals surface area (Å²) in [6.07, 6.45) is 0.973. The molecule has 0 saturated heterocycles. The number of amides is 1. The van der Waals surface area contributed by atoms with Crippen molar-refractivity contribution in [1.29, 1.82) is 5.26 Å². The van der Waals surface area contributed by atoms with Gasteiger partial charge in [0.15, 0.2) is 0 Å². The highest BCUT2D eigenvalue weighted by Gasteiger charge is 2.23. The smallest absolute Gasteiger partial charge is 0.419 e. The van der Waals surface area contributed by atoms with Gasteiger partial charge in [0.25, 0.3) is 0 Å². The van der Waals surface area contributed by atoms with Crippen LogP contribution in [-0.4, -0.2) is 22.2 Å². The first-order chi connectivity index (χ1) is 10.6. The van der Waals surface area contributed by atoms with E-state index in [4.69, 9.17) is 4.74 Å². The Bertz CT molecular complexity index is 841. The van der Waals surface area contributed by atoms with Crippen LogP contribution in [0.4, 0.5) is 10.5 Å². The monoisotopic (exact) mass is 377 g/mol. The van der Waals surface area contributed by atoms with Crippen molar-refractivity contribution in [2.24, 2.45) is 0 Å². The van der Waals surface area contributed by atoms with Crippen LogP contribution in [0, 0.1) is 11.3 Å². The van der Waals surface area contributed by atoms with E-state index in [0.29, 0.717) is 15.4 Å². The van der Waals surface area contributed by atoms with Gasteiger partial charge >= 0.3 is 6.09 Å². The number of carbonyl (C=O) groups is 2. The highest BCUT2D eigenvalue weighted by molar-refractivity contribution is 9.10. The van der Waals surface area contributed by atoms with Crippen molar-refractivity contribution in [3.63, 3.8) is 0 Å². The number of hydrogen-bond donors (Lipinski definition) is 1. The van der Waals surface area contributed by atoms with Gasteiger partial charge < -0.3 is 10.1 Å². The average molecular weight is 378 g/mol. The molecule has 1 amide bonds. The zero-order valence-electron chi connectivity index (χ0n) is 13.2. The van der Waals surface area contributed by atoms with Crippen LogP contribution >= 0.6 is 15.9 Å². The summed E-state index contributed by atoms with van der Waals surface area (Å²) >= 11 is 3.39. The van der Waals surface area contributed by atoms with Gasteiger partial charge in [0.05, 0.1) is 16.8 Å². The fourth-order valence-electron chi connectivity index (χ4n) is 2.13. The molecule has 0 bridgehead atoms. The van der Waals surface area contributed by atoms with Gasteiger partial charge in [-0.25, -0.2) is 9.36 Å². The highest BCUT2D eigenvalue weighted by atomic mass is 79.9. The predicted octanol–water partition coefficient (Wildman–Crippen LogP) is 4.02. The van der Waals surface area contributed by atoms with Crippen molar-refractivity contribution in [3.05, 3.63) is 28.4 Å². The molecule has 0 unspecified atom stereocenters. The van der Waals surface area contributed by atoms with Crippen LogP contribution in [0.1, 0.15) is 33.3 Å². The third-order valence-corrected chi connectivity index (χ3v) is 3.56. The minimum atomic E-state index is -0.666. The number of nitrogens with one attached hydrogen (secondary N) is 1. The summed E-state index contributed by atoms with van der Waals surface area (Å²) in [5.41, 5.74) is 0.304. The predicted molar refractivity (Wildman–Crippen MR) is 90.3 cm³/mol. The maximum Gasteiger partial charge on any atom is 0.419 e. The quantitative estimate of drug-likeness (QED) is 0.813. The van der Waals surface area contributed by atoms with E-state index in [9.17, 15) is 14.9 Å². The van der Waals surface area contributed by atoms with Crippen molar-refractivity contribution in [2.45, 2.75) is 33.3 Å².